The number of carbonyl (C=O) groups excluding carboxylic acids is 1. The van der Waals surface area contributed by atoms with Gasteiger partial charge in [-0.3, -0.25) is 9.78 Å². The summed E-state index contributed by atoms with van der Waals surface area (Å²) in [6.07, 6.45) is 2.15. The molecule has 0 bridgehead atoms. The maximum absolute atomic E-state index is 12.9. The number of hydrogen-bond acceptors (Lipinski definition) is 3. The molecule has 1 unspecified atom stereocenters. The molecule has 1 aromatic carbocycles. The zero-order valence-corrected chi connectivity index (χ0v) is 13.7. The van der Waals surface area contributed by atoms with Crippen LogP contribution < -0.4 is 5.32 Å². The molecule has 1 amide bonds. The van der Waals surface area contributed by atoms with Crippen LogP contribution in [0, 0.1) is 6.92 Å². The lowest BCUT2D eigenvalue weighted by molar-refractivity contribution is 0.0736. The van der Waals surface area contributed by atoms with E-state index in [0.29, 0.717) is 11.6 Å². The number of amides is 1. The number of hydrogen-bond donors (Lipinski definition) is 1. The van der Waals surface area contributed by atoms with Crippen LogP contribution in [-0.4, -0.2) is 42.0 Å². The van der Waals surface area contributed by atoms with Crippen LogP contribution in [0.25, 0.3) is 11.3 Å². The van der Waals surface area contributed by atoms with Gasteiger partial charge in [0.2, 0.25) is 0 Å². The Kier molecular flexibility index (Phi) is 4.72. The standard InChI is InChI=1S/C19H23N3O/c1-14-17(19(23)22-12-6-9-16(22)13-20-2)10-11-18(21-14)15-7-4-3-5-8-15/h3-5,7-8,10-11,16,20H,6,9,12-13H2,1-2H3. The summed E-state index contributed by atoms with van der Waals surface area (Å²) in [7, 11) is 1.93. The summed E-state index contributed by atoms with van der Waals surface area (Å²) in [5.41, 5.74) is 3.50. The average Bonchev–Trinajstić information content (AvgIpc) is 3.03. The Morgan fingerprint density at radius 3 is 2.74 bits per heavy atom. The molecule has 23 heavy (non-hydrogen) atoms. The number of carbonyl (C=O) groups is 1. The Morgan fingerprint density at radius 1 is 1.26 bits per heavy atom. The highest BCUT2D eigenvalue weighted by atomic mass is 16.2. The molecule has 1 saturated heterocycles. The molecule has 120 valence electrons. The van der Waals surface area contributed by atoms with Gasteiger partial charge in [-0.25, -0.2) is 0 Å². The summed E-state index contributed by atoms with van der Waals surface area (Å²) >= 11 is 0. The lowest BCUT2D eigenvalue weighted by Crippen LogP contribution is -2.41. The normalized spacial score (nSPS) is 17.5. The Morgan fingerprint density at radius 2 is 2.04 bits per heavy atom. The Labute approximate surface area is 137 Å². The number of benzene rings is 1. The van der Waals surface area contributed by atoms with Gasteiger partial charge < -0.3 is 10.2 Å². The SMILES string of the molecule is CNCC1CCCN1C(=O)c1ccc(-c2ccccc2)nc1C. The fourth-order valence-electron chi connectivity index (χ4n) is 3.26. The monoisotopic (exact) mass is 309 g/mol. The van der Waals surface area contributed by atoms with Gasteiger partial charge in [0.05, 0.1) is 17.0 Å². The van der Waals surface area contributed by atoms with E-state index in [9.17, 15) is 4.79 Å². The van der Waals surface area contributed by atoms with Crippen molar-refractivity contribution in [1.29, 1.82) is 0 Å². The minimum absolute atomic E-state index is 0.104. The van der Waals surface area contributed by atoms with Gasteiger partial charge in [-0.05, 0) is 38.9 Å². The van der Waals surface area contributed by atoms with Crippen molar-refractivity contribution in [2.45, 2.75) is 25.8 Å². The molecule has 1 aromatic heterocycles. The quantitative estimate of drug-likeness (QED) is 0.944. The molecule has 1 fully saturated rings. The van der Waals surface area contributed by atoms with Gasteiger partial charge >= 0.3 is 0 Å². The molecule has 0 spiro atoms. The van der Waals surface area contributed by atoms with Crippen LogP contribution in [0.4, 0.5) is 0 Å². The van der Waals surface area contributed by atoms with E-state index in [4.69, 9.17) is 0 Å². The zero-order chi connectivity index (χ0) is 16.2. The fraction of sp³-hybridized carbons (Fsp3) is 0.368. The second kappa shape index (κ2) is 6.92. The molecule has 1 aliphatic heterocycles. The number of pyridine rings is 1. The van der Waals surface area contributed by atoms with Gasteiger partial charge in [-0.2, -0.15) is 0 Å². The third-order valence-electron chi connectivity index (χ3n) is 4.46. The third kappa shape index (κ3) is 3.27. The highest BCUT2D eigenvalue weighted by molar-refractivity contribution is 5.96. The van der Waals surface area contributed by atoms with Crippen molar-refractivity contribution in [3.63, 3.8) is 0 Å². The van der Waals surface area contributed by atoms with E-state index >= 15 is 0 Å². The first kappa shape index (κ1) is 15.7. The molecule has 0 aliphatic carbocycles. The van der Waals surface area contributed by atoms with E-state index in [-0.39, 0.29) is 5.91 Å². The van der Waals surface area contributed by atoms with E-state index in [1.807, 2.05) is 61.3 Å². The number of nitrogens with zero attached hydrogens (tertiary/aromatic N) is 2. The van der Waals surface area contributed by atoms with Crippen LogP contribution in [0.15, 0.2) is 42.5 Å². The molecule has 1 N–H and O–H groups in total. The molecular weight excluding hydrogens is 286 g/mol. The Balaban J connectivity index is 1.84. The number of likely N-dealkylation sites (tertiary alicyclic amines) is 1. The van der Waals surface area contributed by atoms with E-state index in [1.54, 1.807) is 0 Å². The summed E-state index contributed by atoms with van der Waals surface area (Å²) in [5, 5.41) is 3.18. The van der Waals surface area contributed by atoms with Crippen molar-refractivity contribution in [3.05, 3.63) is 53.7 Å². The van der Waals surface area contributed by atoms with E-state index < -0.39 is 0 Å². The zero-order valence-electron chi connectivity index (χ0n) is 13.7. The van der Waals surface area contributed by atoms with Crippen molar-refractivity contribution in [1.82, 2.24) is 15.2 Å². The van der Waals surface area contributed by atoms with Crippen molar-refractivity contribution in [2.24, 2.45) is 0 Å². The smallest absolute Gasteiger partial charge is 0.255 e. The molecule has 0 radical (unpaired) electrons. The molecule has 4 heteroatoms. The molecular formula is C19H23N3O. The van der Waals surface area contributed by atoms with Crippen molar-refractivity contribution in [3.8, 4) is 11.3 Å². The molecule has 4 nitrogen and oxygen atoms in total. The summed E-state index contributed by atoms with van der Waals surface area (Å²) in [6.45, 7) is 3.61. The Bertz CT molecular complexity index is 684. The highest BCUT2D eigenvalue weighted by Crippen LogP contribution is 2.23. The van der Waals surface area contributed by atoms with Crippen LogP contribution >= 0.6 is 0 Å². The number of likely N-dealkylation sites (N-methyl/N-ethyl adjacent to an activating group) is 1. The first-order valence-electron chi connectivity index (χ1n) is 8.19. The number of aryl methyl sites for hydroxylation is 1. The summed E-state index contributed by atoms with van der Waals surface area (Å²) in [6, 6.07) is 14.2. The van der Waals surface area contributed by atoms with Gasteiger partial charge in [0.1, 0.15) is 0 Å². The van der Waals surface area contributed by atoms with Gasteiger partial charge in [0.15, 0.2) is 0 Å². The fourth-order valence-corrected chi connectivity index (χ4v) is 3.26. The topological polar surface area (TPSA) is 45.2 Å². The van der Waals surface area contributed by atoms with Crippen molar-refractivity contribution in [2.75, 3.05) is 20.1 Å². The number of rotatable bonds is 4. The first-order chi connectivity index (χ1) is 11.2. The van der Waals surface area contributed by atoms with Crippen LogP contribution in [0.3, 0.4) is 0 Å². The van der Waals surface area contributed by atoms with Crippen LogP contribution in [0.1, 0.15) is 28.9 Å². The Hall–Kier alpha value is -2.20. The van der Waals surface area contributed by atoms with Gasteiger partial charge in [-0.15, -0.1) is 0 Å². The predicted octanol–water partition coefficient (Wildman–Crippen LogP) is 2.88. The molecule has 1 aliphatic rings. The summed E-state index contributed by atoms with van der Waals surface area (Å²) in [5.74, 6) is 0.104. The van der Waals surface area contributed by atoms with Gasteiger partial charge in [0, 0.05) is 24.7 Å². The summed E-state index contributed by atoms with van der Waals surface area (Å²) < 4.78 is 0. The van der Waals surface area contributed by atoms with Gasteiger partial charge in [0.25, 0.3) is 5.91 Å². The largest absolute Gasteiger partial charge is 0.334 e. The number of nitrogens with one attached hydrogen (secondary N) is 1. The van der Waals surface area contributed by atoms with Crippen molar-refractivity contribution < 1.29 is 4.79 Å². The van der Waals surface area contributed by atoms with Crippen LogP contribution in [-0.2, 0) is 0 Å². The maximum atomic E-state index is 12.9. The minimum atomic E-state index is 0.104. The lowest BCUT2D eigenvalue weighted by Gasteiger charge is -2.25. The molecule has 3 rings (SSSR count). The first-order valence-corrected chi connectivity index (χ1v) is 8.19. The second-order valence-corrected chi connectivity index (χ2v) is 6.05. The van der Waals surface area contributed by atoms with E-state index in [0.717, 1.165) is 42.9 Å². The lowest BCUT2D eigenvalue weighted by atomic mass is 10.1. The molecule has 2 heterocycles. The van der Waals surface area contributed by atoms with E-state index in [2.05, 4.69) is 10.3 Å². The highest BCUT2D eigenvalue weighted by Gasteiger charge is 2.29. The average molecular weight is 309 g/mol. The van der Waals surface area contributed by atoms with Gasteiger partial charge in [-0.1, -0.05) is 30.3 Å². The predicted molar refractivity (Wildman–Crippen MR) is 92.4 cm³/mol. The molecule has 2 aromatic rings. The third-order valence-corrected chi connectivity index (χ3v) is 4.46. The second-order valence-electron chi connectivity index (χ2n) is 6.05. The van der Waals surface area contributed by atoms with Crippen LogP contribution in [0.2, 0.25) is 0 Å². The van der Waals surface area contributed by atoms with Crippen molar-refractivity contribution >= 4 is 5.91 Å². The molecule has 0 saturated carbocycles. The summed E-state index contributed by atoms with van der Waals surface area (Å²) in [4.78, 5) is 19.5. The maximum Gasteiger partial charge on any atom is 0.255 e. The molecule has 1 atom stereocenters. The number of aromatic nitrogens is 1. The van der Waals surface area contributed by atoms with E-state index in [1.165, 1.54) is 0 Å². The van der Waals surface area contributed by atoms with Crippen LogP contribution in [0.5, 0.6) is 0 Å². The minimum Gasteiger partial charge on any atom is -0.334 e.